The topological polar surface area (TPSA) is 131 Å². The van der Waals surface area contributed by atoms with Crippen molar-refractivity contribution in [1.82, 2.24) is 30.4 Å². The van der Waals surface area contributed by atoms with Gasteiger partial charge in [0.2, 0.25) is 12.4 Å². The minimum atomic E-state index is -0.780. The molecule has 0 saturated heterocycles. The van der Waals surface area contributed by atoms with Crippen LogP contribution in [0.4, 0.5) is 31.9 Å². The zero-order chi connectivity index (χ0) is 32.1. The molecule has 45 heavy (non-hydrogen) atoms. The molecule has 0 aliphatic carbocycles. The number of rotatable bonds is 12. The number of nitrogens with zero attached hydrogens (tertiary/aromatic N) is 5. The summed E-state index contributed by atoms with van der Waals surface area (Å²) in [6.45, 7) is 2.96. The molecule has 0 aliphatic rings. The Balaban J connectivity index is 1.62. The van der Waals surface area contributed by atoms with Crippen molar-refractivity contribution in [2.45, 2.75) is 13.5 Å². The van der Waals surface area contributed by atoms with Gasteiger partial charge in [-0.25, -0.2) is 13.8 Å². The fraction of sp³-hybridized carbons (Fsp3) is 0.219. The number of anilines is 4. The van der Waals surface area contributed by atoms with Gasteiger partial charge in [0.1, 0.15) is 23.1 Å². The van der Waals surface area contributed by atoms with E-state index in [2.05, 4.69) is 31.1 Å². The van der Waals surface area contributed by atoms with Gasteiger partial charge in [0.05, 0.1) is 17.4 Å². The molecule has 0 unspecified atom stereocenters. The van der Waals surface area contributed by atoms with E-state index in [-0.39, 0.29) is 29.9 Å². The molecule has 13 heteroatoms. The van der Waals surface area contributed by atoms with E-state index in [9.17, 15) is 18.4 Å². The average Bonchev–Trinajstić information content (AvgIpc) is 3.48. The van der Waals surface area contributed by atoms with Gasteiger partial charge in [0.15, 0.2) is 0 Å². The largest absolute Gasteiger partial charge is 0.354 e. The lowest BCUT2D eigenvalue weighted by atomic mass is 9.98. The van der Waals surface area contributed by atoms with Crippen LogP contribution in [0.25, 0.3) is 22.2 Å². The minimum Gasteiger partial charge on any atom is -0.354 e. The summed E-state index contributed by atoms with van der Waals surface area (Å²) in [6.07, 6.45) is 2.22. The Kier molecular flexibility index (Phi) is 9.28. The second-order valence-corrected chi connectivity index (χ2v) is 10.7. The summed E-state index contributed by atoms with van der Waals surface area (Å²) in [6, 6.07) is 14.2. The molecule has 5 rings (SSSR count). The number of amides is 2. The third-order valence-corrected chi connectivity index (χ3v) is 7.23. The lowest BCUT2D eigenvalue weighted by Crippen LogP contribution is -2.24. The summed E-state index contributed by atoms with van der Waals surface area (Å²) >= 11 is 0. The van der Waals surface area contributed by atoms with E-state index in [1.807, 2.05) is 32.0 Å². The highest BCUT2D eigenvalue weighted by atomic mass is 19.1. The second-order valence-electron chi connectivity index (χ2n) is 10.7. The molecule has 0 spiro atoms. The van der Waals surface area contributed by atoms with Crippen LogP contribution in [0.5, 0.6) is 0 Å². The van der Waals surface area contributed by atoms with Gasteiger partial charge in [0.25, 0.3) is 5.91 Å². The van der Waals surface area contributed by atoms with Crippen LogP contribution in [0.3, 0.4) is 0 Å². The van der Waals surface area contributed by atoms with E-state index >= 15 is 0 Å². The van der Waals surface area contributed by atoms with Crippen LogP contribution >= 0.6 is 0 Å². The number of carbonyl (C=O) groups excluding carboxylic acids is 2. The fourth-order valence-corrected chi connectivity index (χ4v) is 4.90. The average molecular weight is 614 g/mol. The summed E-state index contributed by atoms with van der Waals surface area (Å²) in [4.78, 5) is 37.6. The Hall–Kier alpha value is -5.43. The first kappa shape index (κ1) is 31.0. The first-order valence-electron chi connectivity index (χ1n) is 14.2. The van der Waals surface area contributed by atoms with E-state index < -0.39 is 11.6 Å². The number of fused-ring (bicyclic) bond motifs is 1. The number of halogens is 2. The second kappa shape index (κ2) is 13.5. The van der Waals surface area contributed by atoms with Crippen LogP contribution in [-0.4, -0.2) is 71.6 Å². The Labute approximate surface area is 258 Å². The minimum absolute atomic E-state index is 0.0490. The quantitative estimate of drug-likeness (QED) is 0.147. The number of aryl methyl sites for hydroxylation is 1. The summed E-state index contributed by atoms with van der Waals surface area (Å²) in [7, 11) is 5.35. The molecule has 0 aliphatic heterocycles. The number of hydrogen-bond donors (Lipinski definition) is 4. The summed E-state index contributed by atoms with van der Waals surface area (Å²) in [5.41, 5.74) is 3.55. The molecule has 0 atom stereocenters. The number of aromatic amines is 1. The number of hydrogen-bond acceptors (Lipinski definition) is 8. The smallest absolute Gasteiger partial charge is 0.255 e. The van der Waals surface area contributed by atoms with Crippen molar-refractivity contribution < 1.29 is 18.4 Å². The van der Waals surface area contributed by atoms with Crippen LogP contribution in [0, 0.1) is 18.6 Å². The Morgan fingerprint density at radius 2 is 1.80 bits per heavy atom. The molecule has 4 N–H and O–H groups in total. The van der Waals surface area contributed by atoms with Gasteiger partial charge < -0.3 is 25.8 Å². The van der Waals surface area contributed by atoms with Gasteiger partial charge in [-0.1, -0.05) is 12.1 Å². The first-order chi connectivity index (χ1) is 21.7. The lowest BCUT2D eigenvalue weighted by molar-refractivity contribution is -0.109. The van der Waals surface area contributed by atoms with E-state index in [1.165, 1.54) is 18.0 Å². The van der Waals surface area contributed by atoms with Gasteiger partial charge >= 0.3 is 0 Å². The van der Waals surface area contributed by atoms with E-state index in [1.54, 1.807) is 36.5 Å². The molecule has 5 aromatic rings. The standard InChI is InChI=1S/C32H33F2N9O2/c1-19-8-9-20(31(45)38-22-11-10-21-16-37-41-27(21)15-22)14-23(19)28-24(17-35-18-44)30(40-32(39-28)36-12-13-42(2)3)43(4)29-25(33)6-5-7-26(29)34/h5-11,14-16,18H,12-13,17H2,1-4H3,(H,35,44)(H,37,41)(H,38,45)(H,36,39,40). The summed E-state index contributed by atoms with van der Waals surface area (Å²) in [5, 5.41) is 16.6. The zero-order valence-corrected chi connectivity index (χ0v) is 25.3. The van der Waals surface area contributed by atoms with Gasteiger partial charge in [-0.2, -0.15) is 10.1 Å². The van der Waals surface area contributed by atoms with E-state index in [0.29, 0.717) is 47.6 Å². The Morgan fingerprint density at radius 3 is 2.53 bits per heavy atom. The highest BCUT2D eigenvalue weighted by Gasteiger charge is 2.24. The number of H-pyrrole nitrogens is 1. The maximum absolute atomic E-state index is 15.0. The normalized spacial score (nSPS) is 11.1. The summed E-state index contributed by atoms with van der Waals surface area (Å²) < 4.78 is 29.9. The molecule has 0 radical (unpaired) electrons. The van der Waals surface area contributed by atoms with Gasteiger partial charge in [-0.15, -0.1) is 0 Å². The van der Waals surface area contributed by atoms with Crippen LogP contribution in [0.2, 0.25) is 0 Å². The van der Waals surface area contributed by atoms with Crippen molar-refractivity contribution in [2.24, 2.45) is 0 Å². The van der Waals surface area contributed by atoms with E-state index in [4.69, 9.17) is 4.98 Å². The van der Waals surface area contributed by atoms with Gasteiger partial charge in [0, 0.05) is 54.4 Å². The van der Waals surface area contributed by atoms with Crippen molar-refractivity contribution in [3.8, 4) is 11.3 Å². The molecule has 0 bridgehead atoms. The van der Waals surface area contributed by atoms with Gasteiger partial charge in [-0.05, 0) is 69.0 Å². The van der Waals surface area contributed by atoms with Gasteiger partial charge in [-0.3, -0.25) is 14.7 Å². The van der Waals surface area contributed by atoms with Crippen LogP contribution in [-0.2, 0) is 11.3 Å². The Morgan fingerprint density at radius 1 is 1.02 bits per heavy atom. The van der Waals surface area contributed by atoms with E-state index in [0.717, 1.165) is 28.6 Å². The van der Waals surface area contributed by atoms with Crippen molar-refractivity contribution in [3.63, 3.8) is 0 Å². The predicted octanol–water partition coefficient (Wildman–Crippen LogP) is 4.85. The molecule has 2 aromatic heterocycles. The van der Waals surface area contributed by atoms with Crippen molar-refractivity contribution in [1.29, 1.82) is 0 Å². The first-order valence-corrected chi connectivity index (χ1v) is 14.2. The zero-order valence-electron chi connectivity index (χ0n) is 25.3. The van der Waals surface area contributed by atoms with Crippen molar-refractivity contribution in [2.75, 3.05) is 49.8 Å². The lowest BCUT2D eigenvalue weighted by Gasteiger charge is -2.25. The highest BCUT2D eigenvalue weighted by molar-refractivity contribution is 6.06. The number of benzene rings is 3. The highest BCUT2D eigenvalue weighted by Crippen LogP contribution is 2.36. The number of para-hydroxylation sites is 1. The molecule has 0 fully saturated rings. The number of aromatic nitrogens is 4. The maximum atomic E-state index is 15.0. The molecular formula is C32H33F2N9O2. The molecule has 232 valence electrons. The van der Waals surface area contributed by atoms with Crippen molar-refractivity contribution in [3.05, 3.63) is 89.1 Å². The molecule has 0 saturated carbocycles. The maximum Gasteiger partial charge on any atom is 0.255 e. The predicted molar refractivity (Wildman–Crippen MR) is 171 cm³/mol. The number of carbonyl (C=O) groups is 2. The SMILES string of the molecule is Cc1ccc(C(=O)Nc2ccc3cn[nH]c3c2)cc1-c1nc(NCCN(C)C)nc(N(C)c2c(F)cccc2F)c1CNC=O. The van der Waals surface area contributed by atoms with Crippen LogP contribution in [0.15, 0.2) is 60.8 Å². The molecule has 3 aromatic carbocycles. The number of nitrogens with one attached hydrogen (secondary N) is 4. The third-order valence-electron chi connectivity index (χ3n) is 7.23. The third kappa shape index (κ3) is 6.88. The molecular weight excluding hydrogens is 580 g/mol. The van der Waals surface area contributed by atoms with Crippen LogP contribution < -0.4 is 20.9 Å². The summed E-state index contributed by atoms with van der Waals surface area (Å²) in [5.74, 6) is -1.53. The molecule has 2 amide bonds. The number of likely N-dealkylation sites (N-methyl/N-ethyl adjacent to an activating group) is 1. The monoisotopic (exact) mass is 613 g/mol. The molecule has 11 nitrogen and oxygen atoms in total. The Bertz CT molecular complexity index is 1840. The van der Waals surface area contributed by atoms with Crippen molar-refractivity contribution >= 4 is 46.4 Å². The van der Waals surface area contributed by atoms with Crippen LogP contribution in [0.1, 0.15) is 21.5 Å². The molecule has 2 heterocycles. The fourth-order valence-electron chi connectivity index (χ4n) is 4.90.